The van der Waals surface area contributed by atoms with Gasteiger partial charge in [-0.05, 0) is 17.8 Å². The number of nitrogens with one attached hydrogen (secondary N) is 1. The third kappa shape index (κ3) is 2.68. The van der Waals surface area contributed by atoms with Gasteiger partial charge in [0.2, 0.25) is 0 Å². The molecule has 1 N–H and O–H groups in total. The average molecular weight is 291 g/mol. The Labute approximate surface area is 110 Å². The van der Waals surface area contributed by atoms with Crippen molar-refractivity contribution in [2.45, 2.75) is 10.2 Å². The molecule has 0 spiro atoms. The minimum absolute atomic E-state index is 0.0962. The van der Waals surface area contributed by atoms with Gasteiger partial charge in [0.05, 0.1) is 4.92 Å². The molecule has 0 aliphatic carbocycles. The van der Waals surface area contributed by atoms with Crippen LogP contribution in [0.3, 0.4) is 0 Å². The Balaban J connectivity index is 2.33. The van der Waals surface area contributed by atoms with Crippen LogP contribution in [0.25, 0.3) is 0 Å². The van der Waals surface area contributed by atoms with E-state index in [2.05, 4.69) is 15.0 Å². The van der Waals surface area contributed by atoms with Crippen molar-refractivity contribution in [3.05, 3.63) is 38.8 Å². The summed E-state index contributed by atoms with van der Waals surface area (Å²) < 4.78 is 0. The summed E-state index contributed by atoms with van der Waals surface area (Å²) in [6.07, 6.45) is 1.46. The minimum Gasteiger partial charge on any atom is -0.322 e. The zero-order chi connectivity index (χ0) is 12.4. The van der Waals surface area contributed by atoms with Crippen LogP contribution < -0.4 is 0 Å². The van der Waals surface area contributed by atoms with Gasteiger partial charge in [0.15, 0.2) is 15.3 Å². The first-order chi connectivity index (χ1) is 8.08. The van der Waals surface area contributed by atoms with E-state index in [-0.39, 0.29) is 21.0 Å². The van der Waals surface area contributed by atoms with Crippen molar-refractivity contribution >= 4 is 40.7 Å². The first-order valence-corrected chi connectivity index (χ1v) is 5.83. The highest BCUT2D eigenvalue weighted by molar-refractivity contribution is 7.99. The number of nitro groups is 1. The monoisotopic (exact) mass is 290 g/mol. The van der Waals surface area contributed by atoms with Gasteiger partial charge in [0.25, 0.3) is 0 Å². The largest absolute Gasteiger partial charge is 0.322 e. The molecule has 0 aromatic carbocycles. The average Bonchev–Trinajstić information content (AvgIpc) is 2.58. The summed E-state index contributed by atoms with van der Waals surface area (Å²) in [6.45, 7) is 0. The molecule has 0 atom stereocenters. The summed E-state index contributed by atoms with van der Waals surface area (Å²) in [5.74, 6) is 0. The Morgan fingerprint density at radius 1 is 1.47 bits per heavy atom. The Kier molecular flexibility index (Phi) is 3.51. The lowest BCUT2D eigenvalue weighted by molar-refractivity contribution is -0.388. The molecule has 0 aliphatic heterocycles. The molecule has 6 nitrogen and oxygen atoms in total. The maximum Gasteiger partial charge on any atom is 0.301 e. The Hall–Kier alpha value is -1.31. The van der Waals surface area contributed by atoms with Crippen LogP contribution in [0.4, 0.5) is 5.69 Å². The van der Waals surface area contributed by atoms with Crippen LogP contribution in [0.2, 0.25) is 10.3 Å². The molecule has 0 saturated heterocycles. The van der Waals surface area contributed by atoms with Gasteiger partial charge in [-0.3, -0.25) is 10.1 Å². The fourth-order valence-corrected chi connectivity index (χ4v) is 2.26. The van der Waals surface area contributed by atoms with Crippen molar-refractivity contribution in [1.29, 1.82) is 0 Å². The van der Waals surface area contributed by atoms with Crippen molar-refractivity contribution in [1.82, 2.24) is 15.0 Å². The van der Waals surface area contributed by atoms with Gasteiger partial charge in [-0.1, -0.05) is 23.2 Å². The quantitative estimate of drug-likeness (QED) is 0.693. The van der Waals surface area contributed by atoms with Crippen molar-refractivity contribution in [2.75, 3.05) is 0 Å². The van der Waals surface area contributed by atoms with Gasteiger partial charge in [-0.25, -0.2) is 9.97 Å². The number of pyridine rings is 1. The molecule has 0 saturated carbocycles. The number of nitrogens with zero attached hydrogens (tertiary/aromatic N) is 3. The molecule has 2 rings (SSSR count). The zero-order valence-corrected chi connectivity index (χ0v) is 10.4. The van der Waals surface area contributed by atoms with E-state index in [0.717, 1.165) is 11.8 Å². The van der Waals surface area contributed by atoms with Crippen LogP contribution in [0, 0.1) is 10.1 Å². The smallest absolute Gasteiger partial charge is 0.301 e. The molecule has 0 unspecified atom stereocenters. The summed E-state index contributed by atoms with van der Waals surface area (Å²) in [6, 6.07) is 2.85. The number of imidazole rings is 1. The molecule has 2 heterocycles. The number of H-pyrrole nitrogens is 1. The molecule has 0 fully saturated rings. The summed E-state index contributed by atoms with van der Waals surface area (Å²) in [5, 5.41) is 11.6. The van der Waals surface area contributed by atoms with Crippen LogP contribution in [0.5, 0.6) is 0 Å². The lowest BCUT2D eigenvalue weighted by Gasteiger charge is -1.97. The molecule has 9 heteroatoms. The summed E-state index contributed by atoms with van der Waals surface area (Å²) in [7, 11) is 0. The molecule has 2 aromatic heterocycles. The van der Waals surface area contributed by atoms with Gasteiger partial charge in [-0.15, -0.1) is 0 Å². The lowest BCUT2D eigenvalue weighted by Crippen LogP contribution is -1.92. The van der Waals surface area contributed by atoms with E-state index in [1.807, 2.05) is 0 Å². The number of aromatic nitrogens is 3. The zero-order valence-electron chi connectivity index (χ0n) is 8.05. The Bertz CT molecular complexity index is 555. The number of rotatable bonds is 3. The summed E-state index contributed by atoms with van der Waals surface area (Å²) >= 11 is 12.3. The van der Waals surface area contributed by atoms with E-state index in [0.29, 0.717) is 5.16 Å². The summed E-state index contributed by atoms with van der Waals surface area (Å²) in [4.78, 5) is 20.7. The minimum atomic E-state index is -0.512. The highest BCUT2D eigenvalue weighted by Crippen LogP contribution is 2.33. The third-order valence-electron chi connectivity index (χ3n) is 1.74. The Morgan fingerprint density at radius 3 is 2.82 bits per heavy atom. The van der Waals surface area contributed by atoms with Gasteiger partial charge >= 0.3 is 5.69 Å². The second-order valence-corrected chi connectivity index (χ2v) is 4.55. The fraction of sp³-hybridized carbons (Fsp3) is 0. The van der Waals surface area contributed by atoms with Crippen molar-refractivity contribution < 1.29 is 4.92 Å². The second kappa shape index (κ2) is 4.91. The molecule has 2 aromatic rings. The predicted octanol–water partition coefficient (Wildman–Crippen LogP) is 3.17. The lowest BCUT2D eigenvalue weighted by atomic mass is 10.4. The number of halogens is 2. The SMILES string of the molecule is O=[N+]([O-])c1cccnc1Sc1nc(Cl)c(Cl)[nH]1. The maximum absolute atomic E-state index is 10.8. The first-order valence-electron chi connectivity index (χ1n) is 4.26. The van der Waals surface area contributed by atoms with Crippen molar-refractivity contribution in [2.24, 2.45) is 0 Å². The van der Waals surface area contributed by atoms with E-state index >= 15 is 0 Å². The molecule has 0 bridgehead atoms. The number of aromatic amines is 1. The standard InChI is InChI=1S/C8H4Cl2N4O2S/c9-5-6(10)13-8(12-5)17-7-4(14(15)16)2-1-3-11-7/h1-3H,(H,12,13). The highest BCUT2D eigenvalue weighted by atomic mass is 35.5. The fourth-order valence-electron chi connectivity index (χ4n) is 1.05. The van der Waals surface area contributed by atoms with E-state index in [9.17, 15) is 10.1 Å². The van der Waals surface area contributed by atoms with E-state index < -0.39 is 4.92 Å². The van der Waals surface area contributed by atoms with Crippen molar-refractivity contribution in [3.63, 3.8) is 0 Å². The first kappa shape index (κ1) is 12.2. The van der Waals surface area contributed by atoms with E-state index in [1.165, 1.54) is 18.3 Å². The summed E-state index contributed by atoms with van der Waals surface area (Å²) in [5.41, 5.74) is -0.0962. The van der Waals surface area contributed by atoms with E-state index in [4.69, 9.17) is 23.2 Å². The number of hydrogen-bond donors (Lipinski definition) is 1. The van der Waals surface area contributed by atoms with E-state index in [1.54, 1.807) is 0 Å². The maximum atomic E-state index is 10.8. The normalized spacial score (nSPS) is 10.5. The number of hydrogen-bond acceptors (Lipinski definition) is 5. The molecular formula is C8H4Cl2N4O2S. The molecular weight excluding hydrogens is 287 g/mol. The third-order valence-corrected chi connectivity index (χ3v) is 3.28. The van der Waals surface area contributed by atoms with Crippen LogP contribution in [0.15, 0.2) is 28.5 Å². The van der Waals surface area contributed by atoms with Gasteiger partial charge in [-0.2, -0.15) is 0 Å². The van der Waals surface area contributed by atoms with Crippen LogP contribution in [0.1, 0.15) is 0 Å². The molecule has 17 heavy (non-hydrogen) atoms. The second-order valence-electron chi connectivity index (χ2n) is 2.83. The van der Waals surface area contributed by atoms with Crippen molar-refractivity contribution in [3.8, 4) is 0 Å². The molecule has 0 aliphatic rings. The molecule has 0 radical (unpaired) electrons. The highest BCUT2D eigenvalue weighted by Gasteiger charge is 2.17. The molecule has 88 valence electrons. The van der Waals surface area contributed by atoms with Crippen LogP contribution >= 0.6 is 35.0 Å². The van der Waals surface area contributed by atoms with Gasteiger partial charge in [0, 0.05) is 12.3 Å². The van der Waals surface area contributed by atoms with Crippen LogP contribution in [-0.4, -0.2) is 19.9 Å². The van der Waals surface area contributed by atoms with Gasteiger partial charge in [0.1, 0.15) is 5.15 Å². The van der Waals surface area contributed by atoms with Gasteiger partial charge < -0.3 is 4.98 Å². The Morgan fingerprint density at radius 2 is 2.24 bits per heavy atom. The van der Waals surface area contributed by atoms with Crippen LogP contribution in [-0.2, 0) is 0 Å². The topological polar surface area (TPSA) is 84.7 Å². The molecule has 0 amide bonds. The predicted molar refractivity (Wildman–Crippen MR) is 63.6 cm³/mol.